The zero-order chi connectivity index (χ0) is 16.2. The van der Waals surface area contributed by atoms with E-state index in [0.717, 1.165) is 0 Å². The molecule has 0 radical (unpaired) electrons. The van der Waals surface area contributed by atoms with Gasteiger partial charge in [-0.15, -0.1) is 0 Å². The molecule has 0 aliphatic heterocycles. The molecule has 2 rings (SSSR count). The van der Waals surface area contributed by atoms with E-state index in [1.165, 1.54) is 12.4 Å². The van der Waals surface area contributed by atoms with E-state index in [-0.39, 0.29) is 17.9 Å². The van der Waals surface area contributed by atoms with Crippen LogP contribution in [0.3, 0.4) is 0 Å². The molecule has 0 saturated carbocycles. The van der Waals surface area contributed by atoms with Crippen LogP contribution < -0.4 is 0 Å². The maximum atomic E-state index is 12.1. The second kappa shape index (κ2) is 7.48. The summed E-state index contributed by atoms with van der Waals surface area (Å²) in [5.41, 5.74) is -1.02. The van der Waals surface area contributed by atoms with Gasteiger partial charge in [-0.2, -0.15) is 5.10 Å². The van der Waals surface area contributed by atoms with Crippen LogP contribution in [0.2, 0.25) is 10.0 Å². The largest absolute Gasteiger partial charge is 0.616 e. The van der Waals surface area contributed by atoms with Crippen molar-refractivity contribution in [3.8, 4) is 0 Å². The molecule has 2 unspecified atom stereocenters. The highest BCUT2D eigenvalue weighted by Crippen LogP contribution is 2.34. The van der Waals surface area contributed by atoms with Crippen LogP contribution in [-0.4, -0.2) is 36.3 Å². The molecule has 22 heavy (non-hydrogen) atoms. The van der Waals surface area contributed by atoms with Gasteiger partial charge in [0.1, 0.15) is 23.4 Å². The first-order valence-corrected chi connectivity index (χ1v) is 8.67. The molecule has 5 nitrogen and oxygen atoms in total. The lowest BCUT2D eigenvalue weighted by Crippen LogP contribution is -2.38. The molecule has 0 bridgehead atoms. The van der Waals surface area contributed by atoms with Crippen LogP contribution in [0.25, 0.3) is 0 Å². The summed E-state index contributed by atoms with van der Waals surface area (Å²) in [4.78, 5) is 4.01. The van der Waals surface area contributed by atoms with Crippen LogP contribution in [0, 0.1) is 0 Å². The van der Waals surface area contributed by atoms with Gasteiger partial charge in [-0.05, 0) is 29.4 Å². The van der Waals surface area contributed by atoms with Crippen molar-refractivity contribution in [2.24, 2.45) is 0 Å². The molecule has 8 heteroatoms. The normalized spacial score (nSPS) is 15.3. The summed E-state index contributed by atoms with van der Waals surface area (Å²) in [6.07, 6.45) is 3.05. The SMILES string of the molecule is C=CC[S+]([O-])CC(O)(Cc1nc[nH]n1)c1ccc(Cl)cc1Cl. The van der Waals surface area contributed by atoms with Crippen LogP contribution >= 0.6 is 23.2 Å². The Morgan fingerprint density at radius 1 is 1.45 bits per heavy atom. The van der Waals surface area contributed by atoms with Crippen LogP contribution in [0.4, 0.5) is 0 Å². The summed E-state index contributed by atoms with van der Waals surface area (Å²) >= 11 is 10.8. The summed E-state index contributed by atoms with van der Waals surface area (Å²) < 4.78 is 12.1. The van der Waals surface area contributed by atoms with Crippen molar-refractivity contribution in [1.29, 1.82) is 0 Å². The topological polar surface area (TPSA) is 84.9 Å². The van der Waals surface area contributed by atoms with E-state index in [4.69, 9.17) is 23.2 Å². The molecule has 0 amide bonds. The van der Waals surface area contributed by atoms with Crippen molar-refractivity contribution >= 4 is 34.4 Å². The number of benzene rings is 1. The maximum Gasteiger partial charge on any atom is 0.153 e. The van der Waals surface area contributed by atoms with Gasteiger partial charge in [0.05, 0.1) is 0 Å². The molecular formula is C14H15Cl2N3O2S. The molecule has 0 spiro atoms. The van der Waals surface area contributed by atoms with Crippen molar-refractivity contribution in [3.05, 3.63) is 58.6 Å². The first-order valence-electron chi connectivity index (χ1n) is 6.43. The van der Waals surface area contributed by atoms with Gasteiger partial charge in [0, 0.05) is 22.0 Å². The Kier molecular flexibility index (Phi) is 5.88. The first kappa shape index (κ1) is 17.3. The average Bonchev–Trinajstić information content (AvgIpc) is 2.90. The lowest BCUT2D eigenvalue weighted by molar-refractivity contribution is 0.0591. The molecule has 0 aliphatic rings. The zero-order valence-corrected chi connectivity index (χ0v) is 14.0. The summed E-state index contributed by atoms with van der Waals surface area (Å²) in [6.45, 7) is 3.56. The van der Waals surface area contributed by atoms with Gasteiger partial charge in [0.2, 0.25) is 0 Å². The summed E-state index contributed by atoms with van der Waals surface area (Å²) in [7, 11) is 0. The summed E-state index contributed by atoms with van der Waals surface area (Å²) in [5, 5.41) is 18.4. The van der Waals surface area contributed by atoms with Gasteiger partial charge < -0.3 is 9.66 Å². The number of hydrogen-bond acceptors (Lipinski definition) is 4. The molecular weight excluding hydrogens is 345 g/mol. The molecule has 2 atom stereocenters. The average molecular weight is 360 g/mol. The van der Waals surface area contributed by atoms with E-state index < -0.39 is 16.8 Å². The Labute approximate surface area is 141 Å². The molecule has 0 aliphatic carbocycles. The minimum Gasteiger partial charge on any atom is -0.616 e. The third-order valence-electron chi connectivity index (χ3n) is 3.05. The van der Waals surface area contributed by atoms with Crippen molar-refractivity contribution < 1.29 is 9.66 Å². The Morgan fingerprint density at radius 3 is 2.82 bits per heavy atom. The Morgan fingerprint density at radius 2 is 2.23 bits per heavy atom. The highest BCUT2D eigenvalue weighted by molar-refractivity contribution is 7.91. The van der Waals surface area contributed by atoms with E-state index in [0.29, 0.717) is 21.4 Å². The molecule has 2 N–H and O–H groups in total. The predicted octanol–water partition coefficient (Wildman–Crippen LogP) is 2.48. The number of halogens is 2. The number of nitrogens with zero attached hydrogens (tertiary/aromatic N) is 2. The minimum absolute atomic E-state index is 0.00505. The number of aromatic nitrogens is 3. The summed E-state index contributed by atoms with van der Waals surface area (Å²) in [6, 6.07) is 4.79. The Bertz CT molecular complexity index is 639. The van der Waals surface area contributed by atoms with Crippen molar-refractivity contribution in [2.45, 2.75) is 12.0 Å². The van der Waals surface area contributed by atoms with Gasteiger partial charge in [-0.3, -0.25) is 5.10 Å². The number of hydrogen-bond donors (Lipinski definition) is 2. The smallest absolute Gasteiger partial charge is 0.153 e. The fourth-order valence-electron chi connectivity index (χ4n) is 2.13. The highest BCUT2D eigenvalue weighted by atomic mass is 35.5. The molecule has 1 aromatic heterocycles. The Balaban J connectivity index is 2.36. The fraction of sp³-hybridized carbons (Fsp3) is 0.286. The molecule has 0 fully saturated rings. The molecule has 1 heterocycles. The molecule has 2 aromatic rings. The van der Waals surface area contributed by atoms with Crippen LogP contribution in [0.5, 0.6) is 0 Å². The van der Waals surface area contributed by atoms with Crippen LogP contribution in [-0.2, 0) is 23.2 Å². The van der Waals surface area contributed by atoms with Crippen molar-refractivity contribution in [1.82, 2.24) is 15.2 Å². The highest BCUT2D eigenvalue weighted by Gasteiger charge is 2.37. The van der Waals surface area contributed by atoms with Gasteiger partial charge in [-0.1, -0.05) is 35.8 Å². The van der Waals surface area contributed by atoms with Gasteiger partial charge >= 0.3 is 0 Å². The number of aromatic amines is 1. The second-order valence-electron chi connectivity index (χ2n) is 4.79. The van der Waals surface area contributed by atoms with Gasteiger partial charge in [0.25, 0.3) is 0 Å². The standard InChI is InChI=1S/C14H15Cl2N3O2S/c1-2-5-22(21)8-14(20,7-13-17-9-18-19-13)11-4-3-10(15)6-12(11)16/h2-4,6,9,20H,1,5,7-8H2,(H,17,18,19). The third kappa shape index (κ3) is 4.24. The predicted molar refractivity (Wildman–Crippen MR) is 88.5 cm³/mol. The van der Waals surface area contributed by atoms with Crippen molar-refractivity contribution in [2.75, 3.05) is 11.5 Å². The van der Waals surface area contributed by atoms with E-state index in [2.05, 4.69) is 21.8 Å². The molecule has 0 saturated heterocycles. The van der Waals surface area contributed by atoms with Crippen LogP contribution in [0.1, 0.15) is 11.4 Å². The lowest BCUT2D eigenvalue weighted by Gasteiger charge is -2.29. The van der Waals surface area contributed by atoms with E-state index in [1.807, 2.05) is 0 Å². The van der Waals surface area contributed by atoms with Gasteiger partial charge in [-0.25, -0.2) is 4.98 Å². The maximum absolute atomic E-state index is 12.1. The molecule has 118 valence electrons. The number of nitrogens with one attached hydrogen (secondary N) is 1. The van der Waals surface area contributed by atoms with E-state index in [9.17, 15) is 9.66 Å². The monoisotopic (exact) mass is 359 g/mol. The first-order chi connectivity index (χ1) is 10.4. The second-order valence-corrected chi connectivity index (χ2v) is 7.13. The number of rotatable bonds is 7. The zero-order valence-electron chi connectivity index (χ0n) is 11.6. The summed E-state index contributed by atoms with van der Waals surface area (Å²) in [5.74, 6) is 0.681. The van der Waals surface area contributed by atoms with Crippen molar-refractivity contribution in [3.63, 3.8) is 0 Å². The Hall–Kier alpha value is -1.05. The number of H-pyrrole nitrogens is 1. The quantitative estimate of drug-likeness (QED) is 0.587. The molecule has 1 aromatic carbocycles. The van der Waals surface area contributed by atoms with Gasteiger partial charge in [0.15, 0.2) is 5.82 Å². The third-order valence-corrected chi connectivity index (χ3v) is 5.01. The lowest BCUT2D eigenvalue weighted by atomic mass is 9.92. The minimum atomic E-state index is -1.46. The fourth-order valence-corrected chi connectivity index (χ4v) is 3.89. The van der Waals surface area contributed by atoms with E-state index >= 15 is 0 Å². The number of aliphatic hydroxyl groups is 1. The van der Waals surface area contributed by atoms with E-state index in [1.54, 1.807) is 18.2 Å². The van der Waals surface area contributed by atoms with Crippen LogP contribution in [0.15, 0.2) is 37.2 Å².